The van der Waals surface area contributed by atoms with Gasteiger partial charge in [-0.2, -0.15) is 0 Å². The summed E-state index contributed by atoms with van der Waals surface area (Å²) >= 11 is 0. The fourth-order valence-corrected chi connectivity index (χ4v) is 5.13. The molecule has 156 valence electrons. The van der Waals surface area contributed by atoms with Crippen LogP contribution in [0, 0.1) is 5.92 Å². The van der Waals surface area contributed by atoms with Crippen molar-refractivity contribution in [1.82, 2.24) is 5.32 Å². The Morgan fingerprint density at radius 2 is 1.73 bits per heavy atom. The minimum Gasteiger partial charge on any atom is -0.475 e. The lowest BCUT2D eigenvalue weighted by molar-refractivity contribution is -0.122. The number of hydrogen-bond donors (Lipinski definition) is 1. The lowest BCUT2D eigenvalue weighted by atomic mass is 9.90. The minimum absolute atomic E-state index is 0.111. The first-order chi connectivity index (χ1) is 14.6. The molecule has 1 heterocycles. The van der Waals surface area contributed by atoms with Crippen molar-refractivity contribution in [2.45, 2.75) is 64.0 Å². The fourth-order valence-electron chi connectivity index (χ4n) is 5.13. The van der Waals surface area contributed by atoms with Crippen LogP contribution >= 0.6 is 0 Å². The highest BCUT2D eigenvalue weighted by Gasteiger charge is 2.38. The van der Waals surface area contributed by atoms with Gasteiger partial charge in [0.25, 0.3) is 0 Å². The summed E-state index contributed by atoms with van der Waals surface area (Å²) in [4.78, 5) is 18.5. The molecule has 30 heavy (non-hydrogen) atoms. The number of amides is 1. The van der Waals surface area contributed by atoms with E-state index in [0.29, 0.717) is 24.5 Å². The van der Waals surface area contributed by atoms with Gasteiger partial charge in [-0.3, -0.25) is 4.79 Å². The molecule has 0 saturated heterocycles. The second kappa shape index (κ2) is 7.90. The molecule has 1 unspecified atom stereocenters. The molecule has 0 spiro atoms. The number of carbonyl (C=O) groups is 1. The first-order valence-corrected chi connectivity index (χ1v) is 11.4. The van der Waals surface area contributed by atoms with Gasteiger partial charge in [-0.15, -0.1) is 0 Å². The highest BCUT2D eigenvalue weighted by molar-refractivity contribution is 6.05. The number of aliphatic imine (C=N–C) groups is 1. The van der Waals surface area contributed by atoms with Gasteiger partial charge in [0.1, 0.15) is 6.61 Å². The quantitative estimate of drug-likeness (QED) is 0.778. The summed E-state index contributed by atoms with van der Waals surface area (Å²) in [5.74, 6) is 0.925. The number of rotatable bonds is 4. The molecule has 2 aliphatic carbocycles. The molecular formula is C26H30N2O2. The molecule has 2 aromatic carbocycles. The van der Waals surface area contributed by atoms with Crippen molar-refractivity contribution in [2.24, 2.45) is 10.9 Å². The van der Waals surface area contributed by atoms with Crippen molar-refractivity contribution in [3.05, 3.63) is 59.2 Å². The highest BCUT2D eigenvalue weighted by atomic mass is 16.5. The normalized spacial score (nSPS) is 23.0. The Balaban J connectivity index is 1.56. The van der Waals surface area contributed by atoms with Crippen LogP contribution in [0.1, 0.15) is 68.6 Å². The van der Waals surface area contributed by atoms with Crippen LogP contribution in [0.25, 0.3) is 11.1 Å². The molecular weight excluding hydrogens is 372 g/mol. The molecule has 1 aliphatic heterocycles. The number of ether oxygens (including phenoxy) is 1. The van der Waals surface area contributed by atoms with Crippen LogP contribution in [0.2, 0.25) is 0 Å². The average Bonchev–Trinajstić information content (AvgIpc) is 3.38. The van der Waals surface area contributed by atoms with E-state index < -0.39 is 0 Å². The Morgan fingerprint density at radius 3 is 2.50 bits per heavy atom. The fraction of sp³-hybridized carbons (Fsp3) is 0.462. The van der Waals surface area contributed by atoms with Gasteiger partial charge in [-0.1, -0.05) is 69.5 Å². The summed E-state index contributed by atoms with van der Waals surface area (Å²) in [6.45, 7) is 4.96. The summed E-state index contributed by atoms with van der Waals surface area (Å²) in [6.07, 6.45) is 5.85. The number of carbonyl (C=O) groups excluding carboxylic acids is 1. The molecule has 1 N–H and O–H groups in total. The number of fused-ring (bicyclic) bond motifs is 3. The van der Waals surface area contributed by atoms with Crippen molar-refractivity contribution in [2.75, 3.05) is 6.61 Å². The Kier molecular flexibility index (Phi) is 5.10. The zero-order valence-corrected chi connectivity index (χ0v) is 17.9. The highest BCUT2D eigenvalue weighted by Crippen LogP contribution is 2.47. The van der Waals surface area contributed by atoms with E-state index in [1.54, 1.807) is 0 Å². The maximum absolute atomic E-state index is 13.6. The summed E-state index contributed by atoms with van der Waals surface area (Å²) in [5, 5.41) is 3.37. The second-order valence-electron chi connectivity index (χ2n) is 9.19. The maximum Gasteiger partial charge on any atom is 0.232 e. The average molecular weight is 403 g/mol. The number of benzene rings is 2. The Bertz CT molecular complexity index is 988. The van der Waals surface area contributed by atoms with Crippen LogP contribution in [-0.4, -0.2) is 30.5 Å². The lowest BCUT2D eigenvalue weighted by Crippen LogP contribution is -2.39. The van der Waals surface area contributed by atoms with Gasteiger partial charge in [0, 0.05) is 11.6 Å². The Labute approximate surface area is 178 Å². The lowest BCUT2D eigenvalue weighted by Gasteiger charge is -2.25. The third kappa shape index (κ3) is 3.32. The van der Waals surface area contributed by atoms with E-state index in [1.807, 2.05) is 6.07 Å². The van der Waals surface area contributed by atoms with Gasteiger partial charge in [-0.25, -0.2) is 4.99 Å². The van der Waals surface area contributed by atoms with Crippen LogP contribution in [0.15, 0.2) is 47.5 Å². The van der Waals surface area contributed by atoms with Gasteiger partial charge >= 0.3 is 0 Å². The van der Waals surface area contributed by atoms with Crippen molar-refractivity contribution in [3.63, 3.8) is 0 Å². The van der Waals surface area contributed by atoms with Crippen LogP contribution in [0.5, 0.6) is 0 Å². The van der Waals surface area contributed by atoms with Gasteiger partial charge in [0.2, 0.25) is 11.8 Å². The summed E-state index contributed by atoms with van der Waals surface area (Å²) in [5.41, 5.74) is 5.39. The summed E-state index contributed by atoms with van der Waals surface area (Å²) < 4.78 is 6.03. The predicted molar refractivity (Wildman–Crippen MR) is 120 cm³/mol. The van der Waals surface area contributed by atoms with Crippen LogP contribution in [0.4, 0.5) is 0 Å². The molecule has 0 aromatic heterocycles. The topological polar surface area (TPSA) is 50.7 Å². The third-order valence-corrected chi connectivity index (χ3v) is 6.84. The molecule has 5 rings (SSSR count). The van der Waals surface area contributed by atoms with Crippen molar-refractivity contribution in [1.29, 1.82) is 0 Å². The molecule has 4 heteroatoms. The Hall–Kier alpha value is -2.62. The first kappa shape index (κ1) is 19.3. The molecule has 1 saturated carbocycles. The van der Waals surface area contributed by atoms with Crippen molar-refractivity contribution < 1.29 is 9.53 Å². The maximum atomic E-state index is 13.6. The zero-order chi connectivity index (χ0) is 20.7. The molecule has 4 nitrogen and oxygen atoms in total. The predicted octanol–water partition coefficient (Wildman–Crippen LogP) is 5.05. The van der Waals surface area contributed by atoms with Gasteiger partial charge in [0.15, 0.2) is 0 Å². The van der Waals surface area contributed by atoms with Gasteiger partial charge < -0.3 is 10.1 Å². The van der Waals surface area contributed by atoms with Crippen LogP contribution in [0.3, 0.4) is 0 Å². The molecule has 2 aromatic rings. The van der Waals surface area contributed by atoms with Crippen molar-refractivity contribution >= 4 is 11.8 Å². The molecule has 2 atom stereocenters. The number of nitrogens with one attached hydrogen (secondary N) is 1. The third-order valence-electron chi connectivity index (χ3n) is 6.84. The van der Waals surface area contributed by atoms with E-state index in [2.05, 4.69) is 55.6 Å². The second-order valence-corrected chi connectivity index (χ2v) is 9.19. The van der Waals surface area contributed by atoms with E-state index in [9.17, 15) is 4.79 Å². The summed E-state index contributed by atoms with van der Waals surface area (Å²) in [7, 11) is 0. The molecule has 0 radical (unpaired) electrons. The van der Waals surface area contributed by atoms with Crippen molar-refractivity contribution in [3.8, 4) is 11.1 Å². The van der Waals surface area contributed by atoms with E-state index >= 15 is 0 Å². The van der Waals surface area contributed by atoms with Gasteiger partial charge in [0.05, 0.1) is 12.0 Å². The molecule has 1 fully saturated rings. The monoisotopic (exact) mass is 402 g/mol. The Morgan fingerprint density at radius 1 is 1.00 bits per heavy atom. The minimum atomic E-state index is -0.307. The largest absolute Gasteiger partial charge is 0.475 e. The van der Waals surface area contributed by atoms with E-state index in [4.69, 9.17) is 9.73 Å². The first-order valence-electron chi connectivity index (χ1n) is 11.4. The smallest absolute Gasteiger partial charge is 0.232 e. The number of nitrogens with zero attached hydrogens (tertiary/aromatic N) is 1. The van der Waals surface area contributed by atoms with Crippen LogP contribution in [-0.2, 0) is 9.53 Å². The standard InChI is InChI=1S/C26H30N2O2/c1-16(2)22-15-30-26(28-22)21-14-8-13-19-18-11-6-7-12-20(18)24(23(19)21)25(29)27-17-9-4-3-5-10-17/h6-8,11-14,16-17,22,24H,3-5,9-10,15H2,1-2H3,(H,27,29)/t22-,24?/m1/s1. The molecule has 0 bridgehead atoms. The number of hydrogen-bond acceptors (Lipinski definition) is 3. The SMILES string of the molecule is CC(C)[C@H]1COC(c2cccc3c2C(C(=O)NC2CCCCC2)c2ccccc2-3)=N1. The van der Waals surface area contributed by atoms with E-state index in [0.717, 1.165) is 40.7 Å². The van der Waals surface area contributed by atoms with E-state index in [-0.39, 0.29) is 17.9 Å². The molecule has 1 amide bonds. The zero-order valence-electron chi connectivity index (χ0n) is 17.9. The van der Waals surface area contributed by atoms with Crippen LogP contribution < -0.4 is 5.32 Å². The molecule has 3 aliphatic rings. The van der Waals surface area contributed by atoms with Gasteiger partial charge in [-0.05, 0) is 47.1 Å². The summed E-state index contributed by atoms with van der Waals surface area (Å²) in [6, 6.07) is 15.0. The van der Waals surface area contributed by atoms with E-state index in [1.165, 1.54) is 19.3 Å².